The van der Waals surface area contributed by atoms with Gasteiger partial charge in [0.25, 0.3) is 0 Å². The Bertz CT molecular complexity index is 2180. The SMILES string of the molecule is O=C1CCC(=O)N[C@H](Cc2cccs2)C(=O)N[C@@H](Cc2ccc(-c3ccccc3)cc2)C(=O)N[C@H](Cc2ccccc2)CC(=O)N[C@@H](C(=O)O)Cc2ccc(cc2)N1. The van der Waals surface area contributed by atoms with Gasteiger partial charge in [0, 0.05) is 55.1 Å². The predicted octanol–water partition coefficient (Wildman–Crippen LogP) is 4.83. The van der Waals surface area contributed by atoms with Crippen LogP contribution in [0, 0.1) is 0 Å². The molecule has 1 aromatic heterocycles. The Morgan fingerprint density at radius 1 is 0.569 bits per heavy atom. The summed E-state index contributed by atoms with van der Waals surface area (Å²) < 4.78 is 0. The summed E-state index contributed by atoms with van der Waals surface area (Å²) >= 11 is 1.42. The molecule has 58 heavy (non-hydrogen) atoms. The van der Waals surface area contributed by atoms with E-state index in [9.17, 15) is 33.9 Å². The average molecular weight is 800 g/mol. The maximum Gasteiger partial charge on any atom is 0.326 e. The summed E-state index contributed by atoms with van der Waals surface area (Å²) in [5.74, 6) is -3.94. The normalized spacial score (nSPS) is 20.0. The molecule has 298 valence electrons. The van der Waals surface area contributed by atoms with Crippen molar-refractivity contribution in [2.45, 2.75) is 69.1 Å². The van der Waals surface area contributed by atoms with Crippen LogP contribution in [0.5, 0.6) is 0 Å². The minimum absolute atomic E-state index is 0.0327. The van der Waals surface area contributed by atoms with Crippen molar-refractivity contribution in [1.82, 2.24) is 21.3 Å². The fourth-order valence-electron chi connectivity index (χ4n) is 6.75. The molecule has 6 N–H and O–H groups in total. The minimum Gasteiger partial charge on any atom is -0.480 e. The number of amides is 5. The quantitative estimate of drug-likeness (QED) is 0.122. The first-order valence-corrected chi connectivity index (χ1v) is 20.0. The predicted molar refractivity (Wildman–Crippen MR) is 222 cm³/mol. The van der Waals surface area contributed by atoms with Crippen molar-refractivity contribution in [2.75, 3.05) is 5.32 Å². The van der Waals surface area contributed by atoms with E-state index in [0.717, 1.165) is 27.1 Å². The largest absolute Gasteiger partial charge is 0.480 e. The van der Waals surface area contributed by atoms with Gasteiger partial charge >= 0.3 is 5.97 Å². The second-order valence-corrected chi connectivity index (χ2v) is 15.3. The lowest BCUT2D eigenvalue weighted by Crippen LogP contribution is -2.56. The molecule has 2 aliphatic rings. The molecule has 0 aliphatic carbocycles. The summed E-state index contributed by atoms with van der Waals surface area (Å²) in [6.07, 6.45) is -0.175. The van der Waals surface area contributed by atoms with E-state index in [1.54, 1.807) is 24.3 Å². The molecular formula is C45H45N5O7S. The molecule has 2 aliphatic heterocycles. The van der Waals surface area contributed by atoms with E-state index in [0.29, 0.717) is 11.3 Å². The zero-order valence-corrected chi connectivity index (χ0v) is 32.5. The molecule has 0 radical (unpaired) electrons. The van der Waals surface area contributed by atoms with Gasteiger partial charge in [-0.15, -0.1) is 11.3 Å². The van der Waals surface area contributed by atoms with E-state index in [4.69, 9.17) is 0 Å². The van der Waals surface area contributed by atoms with Gasteiger partial charge in [-0.05, 0) is 57.8 Å². The van der Waals surface area contributed by atoms with Crippen LogP contribution in [0.4, 0.5) is 5.69 Å². The molecule has 5 amide bonds. The standard InChI is InChI=1S/C45H45N5O7S/c51-40-21-22-41(52)48-38(28-36-12-7-23-58-36)44(55)50-37(25-30-13-17-33(18-14-30)32-10-5-2-6-11-32)43(54)47-35(24-29-8-3-1-4-9-29)27-42(53)49-39(45(56)57)26-31-15-19-34(46-40)20-16-31/h1-20,23,35,37-39H,21-22,24-28H2,(H,46,51)(H,47,54)(H,48,52)(H,49,53)(H,50,55)(H,56,57)/t35-,37+,38-,39-/m1/s1. The number of carboxylic acid groups (broad SMARTS) is 1. The van der Waals surface area contributed by atoms with E-state index in [2.05, 4.69) is 26.6 Å². The van der Waals surface area contributed by atoms with Gasteiger partial charge in [-0.2, -0.15) is 0 Å². The third-order valence-corrected chi connectivity index (χ3v) is 10.7. The summed E-state index contributed by atoms with van der Waals surface area (Å²) in [4.78, 5) is 81.3. The van der Waals surface area contributed by atoms with Crippen LogP contribution in [0.15, 0.2) is 127 Å². The smallest absolute Gasteiger partial charge is 0.326 e. The monoisotopic (exact) mass is 799 g/mol. The topological polar surface area (TPSA) is 183 Å². The maximum absolute atomic E-state index is 14.4. The first-order chi connectivity index (χ1) is 28.1. The molecule has 0 saturated carbocycles. The second-order valence-electron chi connectivity index (χ2n) is 14.2. The van der Waals surface area contributed by atoms with E-state index < -0.39 is 59.7 Å². The number of anilines is 1. The van der Waals surface area contributed by atoms with Crippen LogP contribution < -0.4 is 26.6 Å². The van der Waals surface area contributed by atoms with E-state index in [1.807, 2.05) is 102 Å². The van der Waals surface area contributed by atoms with Crippen LogP contribution in [0.2, 0.25) is 0 Å². The minimum atomic E-state index is -1.27. The molecular weight excluding hydrogens is 755 g/mol. The fourth-order valence-corrected chi connectivity index (χ4v) is 7.50. The van der Waals surface area contributed by atoms with Crippen molar-refractivity contribution in [3.63, 3.8) is 0 Å². The van der Waals surface area contributed by atoms with E-state index >= 15 is 0 Å². The maximum atomic E-state index is 14.4. The first kappa shape index (κ1) is 41.0. The second kappa shape index (κ2) is 20.0. The molecule has 4 atom stereocenters. The van der Waals surface area contributed by atoms with Crippen LogP contribution in [0.1, 0.15) is 40.8 Å². The van der Waals surface area contributed by atoms with Crippen molar-refractivity contribution in [2.24, 2.45) is 0 Å². The van der Waals surface area contributed by atoms with Gasteiger partial charge < -0.3 is 31.7 Å². The van der Waals surface area contributed by atoms with Gasteiger partial charge in [0.15, 0.2) is 0 Å². The Labute approximate surface area is 340 Å². The highest BCUT2D eigenvalue weighted by Crippen LogP contribution is 2.21. The average Bonchev–Trinajstić information content (AvgIpc) is 3.74. The van der Waals surface area contributed by atoms with Crippen molar-refractivity contribution < 1.29 is 33.9 Å². The number of carbonyl (C=O) groups excluding carboxylic acids is 5. The Kier molecular flexibility index (Phi) is 14.2. The molecule has 13 heteroatoms. The zero-order valence-electron chi connectivity index (χ0n) is 31.7. The van der Waals surface area contributed by atoms with Crippen LogP contribution in [-0.2, 0) is 54.5 Å². The number of carbonyl (C=O) groups is 6. The Hall–Kier alpha value is -6.60. The van der Waals surface area contributed by atoms with Gasteiger partial charge in [-0.1, -0.05) is 103 Å². The molecule has 7 rings (SSSR count). The highest BCUT2D eigenvalue weighted by atomic mass is 32.1. The number of hydrogen-bond acceptors (Lipinski definition) is 7. The third kappa shape index (κ3) is 12.2. The van der Waals surface area contributed by atoms with Crippen molar-refractivity contribution in [3.05, 3.63) is 148 Å². The lowest BCUT2D eigenvalue weighted by atomic mass is 9.98. The summed E-state index contributed by atoms with van der Waals surface area (Å²) in [7, 11) is 0. The van der Waals surface area contributed by atoms with Gasteiger partial charge in [0.2, 0.25) is 29.5 Å². The lowest BCUT2D eigenvalue weighted by molar-refractivity contribution is -0.142. The van der Waals surface area contributed by atoms with Gasteiger partial charge in [0.05, 0.1) is 0 Å². The molecule has 0 saturated heterocycles. The first-order valence-electron chi connectivity index (χ1n) is 19.1. The van der Waals surface area contributed by atoms with Crippen LogP contribution in [0.3, 0.4) is 0 Å². The zero-order chi connectivity index (χ0) is 40.9. The highest BCUT2D eigenvalue weighted by Gasteiger charge is 2.30. The van der Waals surface area contributed by atoms with Gasteiger partial charge in [-0.25, -0.2) is 4.79 Å². The number of nitrogens with one attached hydrogen (secondary N) is 5. The van der Waals surface area contributed by atoms with Crippen LogP contribution in [0.25, 0.3) is 11.1 Å². The number of benzene rings is 4. The van der Waals surface area contributed by atoms with Crippen molar-refractivity contribution >= 4 is 52.5 Å². The van der Waals surface area contributed by atoms with E-state index in [1.165, 1.54) is 11.3 Å². The summed E-state index contributed by atoms with van der Waals surface area (Å²) in [6.45, 7) is 0. The summed E-state index contributed by atoms with van der Waals surface area (Å²) in [6, 6.07) is 32.6. The molecule has 5 aromatic rings. The lowest BCUT2D eigenvalue weighted by Gasteiger charge is -2.26. The Balaban J connectivity index is 1.32. The van der Waals surface area contributed by atoms with Gasteiger partial charge in [-0.3, -0.25) is 24.0 Å². The molecule has 4 aromatic carbocycles. The third-order valence-electron chi connectivity index (χ3n) is 9.76. The molecule has 0 fully saturated rings. The molecule has 0 spiro atoms. The summed E-state index contributed by atoms with van der Waals surface area (Å²) in [5.41, 5.74) is 4.62. The molecule has 3 heterocycles. The van der Waals surface area contributed by atoms with E-state index in [-0.39, 0.29) is 44.9 Å². The molecule has 12 nitrogen and oxygen atoms in total. The number of rotatable bonds is 8. The number of carboxylic acids is 1. The fraction of sp³-hybridized carbons (Fsp3) is 0.244. The summed E-state index contributed by atoms with van der Waals surface area (Å²) in [5, 5.41) is 25.9. The number of hydrogen-bond donors (Lipinski definition) is 6. The van der Waals surface area contributed by atoms with Crippen molar-refractivity contribution in [3.8, 4) is 11.1 Å². The highest BCUT2D eigenvalue weighted by molar-refractivity contribution is 7.09. The van der Waals surface area contributed by atoms with Crippen molar-refractivity contribution in [1.29, 1.82) is 0 Å². The Morgan fingerprint density at radius 2 is 1.19 bits per heavy atom. The Morgan fingerprint density at radius 3 is 1.86 bits per heavy atom. The number of fused-ring (bicyclic) bond motifs is 19. The van der Waals surface area contributed by atoms with Gasteiger partial charge in [0.1, 0.15) is 18.1 Å². The van der Waals surface area contributed by atoms with Crippen LogP contribution >= 0.6 is 11.3 Å². The van der Waals surface area contributed by atoms with Crippen LogP contribution in [-0.4, -0.2) is 64.8 Å². The molecule has 0 unspecified atom stereocenters. The number of aliphatic carboxylic acids is 1. The molecule has 2 bridgehead atoms. The number of thiophene rings is 1.